The highest BCUT2D eigenvalue weighted by Gasteiger charge is 2.10. The van der Waals surface area contributed by atoms with E-state index in [1.54, 1.807) is 0 Å². The van der Waals surface area contributed by atoms with Crippen molar-refractivity contribution >= 4 is 6.21 Å². The third-order valence-corrected chi connectivity index (χ3v) is 2.51. The molecule has 66 valence electrons. The second kappa shape index (κ2) is 4.24. The maximum atomic E-state index is 7.26. The average molecular weight is 163 g/mol. The van der Waals surface area contributed by atoms with Gasteiger partial charge in [-0.15, -0.1) is 0 Å². The van der Waals surface area contributed by atoms with Crippen LogP contribution >= 0.6 is 0 Å². The quantitative estimate of drug-likeness (QED) is 0.617. The fourth-order valence-corrected chi connectivity index (χ4v) is 1.61. The van der Waals surface area contributed by atoms with Crippen molar-refractivity contribution < 1.29 is 0 Å². The summed E-state index contributed by atoms with van der Waals surface area (Å²) in [4.78, 5) is 0. The van der Waals surface area contributed by atoms with Gasteiger partial charge in [0.15, 0.2) is 0 Å². The largest absolute Gasteiger partial charge is 0.308 e. The van der Waals surface area contributed by atoms with Crippen LogP contribution in [0.4, 0.5) is 0 Å². The normalized spacial score (nSPS) is 23.0. The standard InChI is InChI=1S/C11H17N/c1-3-9-5-6-10(4-2)11(7-9)8-12/h6-9,12H,3-5H2,1-2H3. The summed E-state index contributed by atoms with van der Waals surface area (Å²) in [6, 6.07) is 0. The number of nitrogens with one attached hydrogen (secondary N) is 1. The van der Waals surface area contributed by atoms with E-state index in [0.717, 1.165) is 18.4 Å². The molecule has 0 spiro atoms. The Morgan fingerprint density at radius 3 is 2.83 bits per heavy atom. The highest BCUT2D eigenvalue weighted by atomic mass is 14.3. The van der Waals surface area contributed by atoms with Gasteiger partial charge >= 0.3 is 0 Å². The van der Waals surface area contributed by atoms with E-state index >= 15 is 0 Å². The van der Waals surface area contributed by atoms with Gasteiger partial charge in [0.2, 0.25) is 0 Å². The second-order valence-corrected chi connectivity index (χ2v) is 3.25. The van der Waals surface area contributed by atoms with E-state index in [2.05, 4.69) is 26.0 Å². The van der Waals surface area contributed by atoms with Crippen molar-refractivity contribution in [1.82, 2.24) is 0 Å². The zero-order valence-corrected chi connectivity index (χ0v) is 7.93. The van der Waals surface area contributed by atoms with Gasteiger partial charge in [-0.05, 0) is 36.3 Å². The van der Waals surface area contributed by atoms with E-state index in [-0.39, 0.29) is 0 Å². The van der Waals surface area contributed by atoms with Gasteiger partial charge in [-0.25, -0.2) is 0 Å². The maximum Gasteiger partial charge on any atom is 0.0249 e. The van der Waals surface area contributed by atoms with Crippen LogP contribution in [0.2, 0.25) is 0 Å². The predicted octanol–water partition coefficient (Wildman–Crippen LogP) is 3.33. The zero-order chi connectivity index (χ0) is 8.97. The fourth-order valence-electron chi connectivity index (χ4n) is 1.61. The molecule has 0 radical (unpaired) electrons. The third kappa shape index (κ3) is 1.84. The topological polar surface area (TPSA) is 23.9 Å². The van der Waals surface area contributed by atoms with Crippen molar-refractivity contribution in [2.45, 2.75) is 33.1 Å². The zero-order valence-electron chi connectivity index (χ0n) is 7.93. The predicted molar refractivity (Wildman–Crippen MR) is 53.6 cm³/mol. The lowest BCUT2D eigenvalue weighted by Crippen LogP contribution is -2.03. The lowest BCUT2D eigenvalue weighted by molar-refractivity contribution is 0.625. The highest BCUT2D eigenvalue weighted by molar-refractivity contribution is 5.82. The first kappa shape index (κ1) is 9.24. The van der Waals surface area contributed by atoms with Gasteiger partial charge in [0.05, 0.1) is 0 Å². The van der Waals surface area contributed by atoms with Crippen LogP contribution in [0.5, 0.6) is 0 Å². The molecule has 1 aliphatic rings. The first-order chi connectivity index (χ1) is 5.81. The molecule has 0 aromatic rings. The molecule has 1 heteroatoms. The van der Waals surface area contributed by atoms with Gasteiger partial charge < -0.3 is 5.41 Å². The summed E-state index contributed by atoms with van der Waals surface area (Å²) < 4.78 is 0. The molecule has 0 bridgehead atoms. The molecule has 1 nitrogen and oxygen atoms in total. The Morgan fingerprint density at radius 2 is 2.33 bits per heavy atom. The molecule has 1 rings (SSSR count). The van der Waals surface area contributed by atoms with Crippen molar-refractivity contribution in [3.8, 4) is 0 Å². The van der Waals surface area contributed by atoms with E-state index in [9.17, 15) is 0 Å². The fraction of sp³-hybridized carbons (Fsp3) is 0.545. The Labute approximate surface area is 74.7 Å². The molecule has 0 fully saturated rings. The molecular formula is C11H17N. The van der Waals surface area contributed by atoms with E-state index < -0.39 is 0 Å². The SMILES string of the molecule is CCC1=CCC(CC)C=C1C=N. The van der Waals surface area contributed by atoms with Crippen LogP contribution in [0.25, 0.3) is 0 Å². The molecule has 0 aromatic heterocycles. The molecule has 0 saturated heterocycles. The summed E-state index contributed by atoms with van der Waals surface area (Å²) in [5, 5.41) is 7.26. The van der Waals surface area contributed by atoms with Gasteiger partial charge in [-0.1, -0.05) is 26.0 Å². The minimum Gasteiger partial charge on any atom is -0.308 e. The number of allylic oxidation sites excluding steroid dienone is 4. The van der Waals surface area contributed by atoms with Crippen LogP contribution in [0.15, 0.2) is 23.3 Å². The van der Waals surface area contributed by atoms with Gasteiger partial charge in [-0.2, -0.15) is 0 Å². The molecule has 1 N–H and O–H groups in total. The summed E-state index contributed by atoms with van der Waals surface area (Å²) in [5.74, 6) is 0.664. The molecule has 12 heavy (non-hydrogen) atoms. The highest BCUT2D eigenvalue weighted by Crippen LogP contribution is 2.25. The third-order valence-electron chi connectivity index (χ3n) is 2.51. The molecular weight excluding hydrogens is 146 g/mol. The Balaban J connectivity index is 2.78. The molecule has 0 amide bonds. The lowest BCUT2D eigenvalue weighted by Gasteiger charge is -2.17. The van der Waals surface area contributed by atoms with Gasteiger partial charge in [0, 0.05) is 6.21 Å². The van der Waals surface area contributed by atoms with Crippen molar-refractivity contribution in [1.29, 1.82) is 5.41 Å². The summed E-state index contributed by atoms with van der Waals surface area (Å²) in [6.07, 6.45) is 9.41. The number of hydrogen-bond acceptors (Lipinski definition) is 1. The Morgan fingerprint density at radius 1 is 1.58 bits per heavy atom. The van der Waals surface area contributed by atoms with E-state index in [4.69, 9.17) is 5.41 Å². The number of rotatable bonds is 3. The molecule has 0 heterocycles. The van der Waals surface area contributed by atoms with Crippen molar-refractivity contribution in [2.75, 3.05) is 0 Å². The minimum absolute atomic E-state index is 0.664. The molecule has 0 saturated carbocycles. The van der Waals surface area contributed by atoms with Crippen LogP contribution in [-0.2, 0) is 0 Å². The minimum atomic E-state index is 0.664. The summed E-state index contributed by atoms with van der Waals surface area (Å²) in [5.41, 5.74) is 2.48. The van der Waals surface area contributed by atoms with Gasteiger partial charge in [-0.3, -0.25) is 0 Å². The summed E-state index contributed by atoms with van der Waals surface area (Å²) >= 11 is 0. The first-order valence-corrected chi connectivity index (χ1v) is 4.73. The molecule has 0 aliphatic heterocycles. The summed E-state index contributed by atoms with van der Waals surface area (Å²) in [7, 11) is 0. The smallest absolute Gasteiger partial charge is 0.0249 e. The van der Waals surface area contributed by atoms with Crippen molar-refractivity contribution in [3.05, 3.63) is 23.3 Å². The van der Waals surface area contributed by atoms with E-state index in [1.807, 2.05) is 0 Å². The molecule has 1 aliphatic carbocycles. The van der Waals surface area contributed by atoms with Gasteiger partial charge in [0.25, 0.3) is 0 Å². The molecule has 0 aromatic carbocycles. The summed E-state index contributed by atoms with van der Waals surface area (Å²) in [6.45, 7) is 4.35. The molecule has 1 atom stereocenters. The average Bonchev–Trinajstić information content (AvgIpc) is 2.16. The second-order valence-electron chi connectivity index (χ2n) is 3.25. The Bertz CT molecular complexity index is 223. The molecule has 1 unspecified atom stereocenters. The van der Waals surface area contributed by atoms with Crippen LogP contribution in [0.1, 0.15) is 33.1 Å². The van der Waals surface area contributed by atoms with E-state index in [1.165, 1.54) is 18.2 Å². The Hall–Kier alpha value is -0.850. The lowest BCUT2D eigenvalue weighted by atomic mass is 9.88. The first-order valence-electron chi connectivity index (χ1n) is 4.73. The number of hydrogen-bond donors (Lipinski definition) is 1. The van der Waals surface area contributed by atoms with Gasteiger partial charge in [0.1, 0.15) is 0 Å². The van der Waals surface area contributed by atoms with Crippen LogP contribution < -0.4 is 0 Å². The van der Waals surface area contributed by atoms with Crippen molar-refractivity contribution in [3.63, 3.8) is 0 Å². The maximum absolute atomic E-state index is 7.26. The Kier molecular flexibility index (Phi) is 3.27. The van der Waals surface area contributed by atoms with Crippen molar-refractivity contribution in [2.24, 2.45) is 5.92 Å². The van der Waals surface area contributed by atoms with Crippen LogP contribution in [0.3, 0.4) is 0 Å². The monoisotopic (exact) mass is 163 g/mol. The van der Waals surface area contributed by atoms with Crippen LogP contribution in [0, 0.1) is 11.3 Å². The van der Waals surface area contributed by atoms with Crippen LogP contribution in [-0.4, -0.2) is 6.21 Å². The van der Waals surface area contributed by atoms with E-state index in [0.29, 0.717) is 5.92 Å².